The van der Waals surface area contributed by atoms with E-state index in [9.17, 15) is 5.11 Å². The van der Waals surface area contributed by atoms with Crippen LogP contribution >= 0.6 is 0 Å². The number of methoxy groups -OCH3 is 1. The summed E-state index contributed by atoms with van der Waals surface area (Å²) in [4.78, 5) is 4.68. The number of phenols is 1. The molecule has 1 atom stereocenters. The van der Waals surface area contributed by atoms with Gasteiger partial charge in [0.25, 0.3) is 0 Å². The molecule has 1 N–H and O–H groups in total. The number of ether oxygens (including phenoxy) is 1. The average molecular weight is 264 g/mol. The maximum atomic E-state index is 10.2. The van der Waals surface area contributed by atoms with Crippen LogP contribution in [0.1, 0.15) is 18.4 Å². The molecule has 106 valence electrons. The van der Waals surface area contributed by atoms with Gasteiger partial charge in [-0.25, -0.2) is 0 Å². The van der Waals surface area contributed by atoms with Gasteiger partial charge in [-0.2, -0.15) is 0 Å². The zero-order chi connectivity index (χ0) is 13.8. The molecule has 1 aliphatic rings. The lowest BCUT2D eigenvalue weighted by Crippen LogP contribution is -2.37. The molecule has 4 heteroatoms. The molecule has 1 heterocycles. The van der Waals surface area contributed by atoms with E-state index in [1.807, 2.05) is 12.1 Å². The third kappa shape index (κ3) is 3.39. The van der Waals surface area contributed by atoms with Crippen LogP contribution in [-0.2, 0) is 6.54 Å². The summed E-state index contributed by atoms with van der Waals surface area (Å²) in [5.74, 6) is 0.835. The van der Waals surface area contributed by atoms with Crippen molar-refractivity contribution in [2.45, 2.75) is 25.4 Å². The van der Waals surface area contributed by atoms with Crippen molar-refractivity contribution in [1.29, 1.82) is 0 Å². The fraction of sp³-hybridized carbons (Fsp3) is 0.600. The highest BCUT2D eigenvalue weighted by atomic mass is 16.5. The highest BCUT2D eigenvalue weighted by Gasteiger charge is 2.25. The number of para-hydroxylation sites is 1. The molecule has 1 aromatic carbocycles. The predicted molar refractivity (Wildman–Crippen MR) is 76.6 cm³/mol. The molecule has 1 fully saturated rings. The number of rotatable bonds is 5. The number of hydrogen-bond acceptors (Lipinski definition) is 4. The van der Waals surface area contributed by atoms with Crippen molar-refractivity contribution in [2.24, 2.45) is 0 Å². The van der Waals surface area contributed by atoms with Gasteiger partial charge in [-0.3, -0.25) is 4.90 Å². The van der Waals surface area contributed by atoms with Gasteiger partial charge in [-0.15, -0.1) is 0 Å². The van der Waals surface area contributed by atoms with E-state index in [1.165, 1.54) is 12.8 Å². The van der Waals surface area contributed by atoms with Crippen LogP contribution in [0.2, 0.25) is 0 Å². The number of likely N-dealkylation sites (tertiary alicyclic amines) is 1. The lowest BCUT2D eigenvalue weighted by Gasteiger charge is -2.27. The molecule has 1 unspecified atom stereocenters. The summed E-state index contributed by atoms with van der Waals surface area (Å²) in [6, 6.07) is 6.29. The third-order valence-corrected chi connectivity index (χ3v) is 3.75. The SMILES string of the molecule is COc1cccc(CN2CCCC2CN(C)C)c1O. The first-order valence-corrected chi connectivity index (χ1v) is 6.85. The standard InChI is InChI=1S/C15H24N2O2/c1-16(2)11-13-7-5-9-17(13)10-12-6-4-8-14(19-3)15(12)18/h4,6,8,13,18H,5,7,9-11H2,1-3H3. The van der Waals surface area contributed by atoms with Crippen LogP contribution in [0.15, 0.2) is 18.2 Å². The highest BCUT2D eigenvalue weighted by Crippen LogP contribution is 2.31. The summed E-state index contributed by atoms with van der Waals surface area (Å²) in [5.41, 5.74) is 0.949. The lowest BCUT2D eigenvalue weighted by atomic mass is 10.1. The van der Waals surface area contributed by atoms with Gasteiger partial charge < -0.3 is 14.7 Å². The maximum absolute atomic E-state index is 10.2. The lowest BCUT2D eigenvalue weighted by molar-refractivity contribution is 0.199. The number of hydrogen-bond donors (Lipinski definition) is 1. The number of phenolic OH excluding ortho intramolecular Hbond substituents is 1. The van der Waals surface area contributed by atoms with E-state index in [0.717, 1.165) is 25.2 Å². The van der Waals surface area contributed by atoms with Crippen molar-refractivity contribution in [3.63, 3.8) is 0 Å². The first-order valence-electron chi connectivity index (χ1n) is 6.85. The molecular weight excluding hydrogens is 240 g/mol. The Hall–Kier alpha value is -1.26. The molecule has 0 radical (unpaired) electrons. The molecule has 1 aromatic rings. The van der Waals surface area contributed by atoms with Crippen LogP contribution in [0, 0.1) is 0 Å². The summed E-state index contributed by atoms with van der Waals surface area (Å²) in [6.07, 6.45) is 2.48. The number of aromatic hydroxyl groups is 1. The fourth-order valence-corrected chi connectivity index (χ4v) is 2.81. The summed E-state index contributed by atoms with van der Waals surface area (Å²) < 4.78 is 5.16. The van der Waals surface area contributed by atoms with Gasteiger partial charge in [0.15, 0.2) is 11.5 Å². The van der Waals surface area contributed by atoms with Crippen LogP contribution in [0.5, 0.6) is 11.5 Å². The Labute approximate surface area is 115 Å². The van der Waals surface area contributed by atoms with E-state index >= 15 is 0 Å². The first-order chi connectivity index (χ1) is 9.11. The van der Waals surface area contributed by atoms with Crippen molar-refractivity contribution < 1.29 is 9.84 Å². The average Bonchev–Trinajstić information content (AvgIpc) is 2.78. The van der Waals surface area contributed by atoms with Crippen LogP contribution in [-0.4, -0.2) is 55.2 Å². The first kappa shape index (κ1) is 14.2. The molecule has 0 aliphatic carbocycles. The smallest absolute Gasteiger partial charge is 0.162 e. The van der Waals surface area contributed by atoms with E-state index in [0.29, 0.717) is 11.8 Å². The Balaban J connectivity index is 2.08. The molecule has 0 spiro atoms. The molecule has 1 aliphatic heterocycles. The number of benzene rings is 1. The van der Waals surface area contributed by atoms with Gasteiger partial charge >= 0.3 is 0 Å². The van der Waals surface area contributed by atoms with Gasteiger partial charge in [0.1, 0.15) is 0 Å². The summed E-state index contributed by atoms with van der Waals surface area (Å²) >= 11 is 0. The summed E-state index contributed by atoms with van der Waals surface area (Å²) in [5, 5.41) is 10.2. The zero-order valence-electron chi connectivity index (χ0n) is 12.1. The van der Waals surface area contributed by atoms with E-state index in [-0.39, 0.29) is 5.75 Å². The molecule has 19 heavy (non-hydrogen) atoms. The van der Waals surface area contributed by atoms with Gasteiger partial charge in [0.2, 0.25) is 0 Å². The van der Waals surface area contributed by atoms with E-state index < -0.39 is 0 Å². The number of likely N-dealkylation sites (N-methyl/N-ethyl adjacent to an activating group) is 1. The van der Waals surface area contributed by atoms with Gasteiger partial charge in [-0.05, 0) is 39.5 Å². The van der Waals surface area contributed by atoms with Gasteiger partial charge in [0, 0.05) is 24.7 Å². The summed E-state index contributed by atoms with van der Waals surface area (Å²) in [7, 11) is 5.81. The third-order valence-electron chi connectivity index (χ3n) is 3.75. The molecule has 0 amide bonds. The molecule has 1 saturated heterocycles. The Bertz CT molecular complexity index is 421. The van der Waals surface area contributed by atoms with E-state index in [4.69, 9.17) is 4.74 Å². The van der Waals surface area contributed by atoms with Gasteiger partial charge in [-0.1, -0.05) is 12.1 Å². The Morgan fingerprint density at radius 2 is 2.21 bits per heavy atom. The van der Waals surface area contributed by atoms with Crippen LogP contribution in [0.4, 0.5) is 0 Å². The van der Waals surface area contributed by atoms with Crippen LogP contribution in [0.25, 0.3) is 0 Å². The van der Waals surface area contributed by atoms with Crippen LogP contribution < -0.4 is 4.74 Å². The topological polar surface area (TPSA) is 35.9 Å². The zero-order valence-corrected chi connectivity index (χ0v) is 12.1. The number of nitrogens with zero attached hydrogens (tertiary/aromatic N) is 2. The second-order valence-corrected chi connectivity index (χ2v) is 5.50. The van der Waals surface area contributed by atoms with Gasteiger partial charge in [0.05, 0.1) is 7.11 Å². The minimum atomic E-state index is 0.278. The Kier molecular flexibility index (Phi) is 4.66. The predicted octanol–water partition coefficient (Wildman–Crippen LogP) is 1.93. The quantitative estimate of drug-likeness (QED) is 0.881. The normalized spacial score (nSPS) is 20.1. The van der Waals surface area contributed by atoms with E-state index in [1.54, 1.807) is 13.2 Å². The second kappa shape index (κ2) is 6.26. The van der Waals surface area contributed by atoms with Crippen molar-refractivity contribution in [2.75, 3.05) is 34.3 Å². The molecule has 2 rings (SSSR count). The van der Waals surface area contributed by atoms with Crippen molar-refractivity contribution in [1.82, 2.24) is 9.80 Å². The molecule has 0 saturated carbocycles. The molecular formula is C15H24N2O2. The highest BCUT2D eigenvalue weighted by molar-refractivity contribution is 5.45. The second-order valence-electron chi connectivity index (χ2n) is 5.50. The fourth-order valence-electron chi connectivity index (χ4n) is 2.81. The largest absolute Gasteiger partial charge is 0.504 e. The Morgan fingerprint density at radius 3 is 2.89 bits per heavy atom. The monoisotopic (exact) mass is 264 g/mol. The van der Waals surface area contributed by atoms with Crippen LogP contribution in [0.3, 0.4) is 0 Å². The van der Waals surface area contributed by atoms with Crippen molar-refractivity contribution >= 4 is 0 Å². The minimum Gasteiger partial charge on any atom is -0.504 e. The minimum absolute atomic E-state index is 0.278. The molecule has 0 bridgehead atoms. The van der Waals surface area contributed by atoms with Crippen molar-refractivity contribution in [3.8, 4) is 11.5 Å². The molecule has 4 nitrogen and oxygen atoms in total. The Morgan fingerprint density at radius 1 is 1.42 bits per heavy atom. The van der Waals surface area contributed by atoms with Crippen molar-refractivity contribution in [3.05, 3.63) is 23.8 Å². The molecule has 0 aromatic heterocycles. The maximum Gasteiger partial charge on any atom is 0.162 e. The summed E-state index contributed by atoms with van der Waals surface area (Å²) in [6.45, 7) is 2.97. The van der Waals surface area contributed by atoms with E-state index in [2.05, 4.69) is 23.9 Å².